The van der Waals surface area contributed by atoms with Crippen molar-refractivity contribution in [3.05, 3.63) is 29.3 Å². The molecule has 14 heavy (non-hydrogen) atoms. The number of benzene rings is 1. The molecule has 0 atom stereocenters. The first kappa shape index (κ1) is 10.6. The quantitative estimate of drug-likeness (QED) is 0.440. The number of hydrogen-bond donors (Lipinski definition) is 2. The molecule has 0 saturated carbocycles. The topological polar surface area (TPSA) is 52.8 Å². The van der Waals surface area contributed by atoms with Crippen LogP contribution in [-0.4, -0.2) is 16.0 Å². The van der Waals surface area contributed by atoms with Gasteiger partial charge in [-0.1, -0.05) is 30.6 Å². The van der Waals surface area contributed by atoms with Gasteiger partial charge >= 0.3 is 0 Å². The molecule has 0 radical (unpaired) electrons. The highest BCUT2D eigenvalue weighted by Gasteiger charge is 2.09. The zero-order valence-corrected chi connectivity index (χ0v) is 8.49. The van der Waals surface area contributed by atoms with Gasteiger partial charge in [-0.05, 0) is 25.0 Å². The Kier molecular flexibility index (Phi) is 3.51. The van der Waals surface area contributed by atoms with E-state index in [2.05, 4.69) is 5.16 Å². The fourth-order valence-corrected chi connectivity index (χ4v) is 1.37. The smallest absolute Gasteiger partial charge is 0.127 e. The van der Waals surface area contributed by atoms with E-state index < -0.39 is 0 Å². The Labute approximate surface area is 83.7 Å². The lowest BCUT2D eigenvalue weighted by molar-refractivity contribution is 0.317. The Morgan fingerprint density at radius 3 is 2.71 bits per heavy atom. The Balaban J connectivity index is 3.11. The van der Waals surface area contributed by atoms with Crippen LogP contribution < -0.4 is 0 Å². The van der Waals surface area contributed by atoms with Crippen molar-refractivity contribution in [2.75, 3.05) is 0 Å². The summed E-state index contributed by atoms with van der Waals surface area (Å²) in [5.41, 5.74) is 1.95. The maximum atomic E-state index is 9.73. The van der Waals surface area contributed by atoms with E-state index in [1.165, 1.54) is 0 Å². The van der Waals surface area contributed by atoms with Crippen LogP contribution in [0.15, 0.2) is 23.4 Å². The highest BCUT2D eigenvalue weighted by atomic mass is 16.4. The molecule has 0 unspecified atom stereocenters. The highest BCUT2D eigenvalue weighted by molar-refractivity contribution is 6.02. The first-order valence-electron chi connectivity index (χ1n) is 4.70. The molecule has 0 aromatic heterocycles. The minimum Gasteiger partial charge on any atom is -0.507 e. The summed E-state index contributed by atoms with van der Waals surface area (Å²) in [6.07, 6.45) is 1.54. The largest absolute Gasteiger partial charge is 0.507 e. The molecule has 0 aliphatic heterocycles. The molecule has 3 heteroatoms. The van der Waals surface area contributed by atoms with Crippen LogP contribution in [0.4, 0.5) is 0 Å². The van der Waals surface area contributed by atoms with Crippen LogP contribution in [0, 0.1) is 6.92 Å². The lowest BCUT2D eigenvalue weighted by atomic mass is 10.0. The van der Waals surface area contributed by atoms with E-state index in [4.69, 9.17) is 5.21 Å². The third kappa shape index (κ3) is 2.05. The third-order valence-corrected chi connectivity index (χ3v) is 2.16. The van der Waals surface area contributed by atoms with E-state index in [9.17, 15) is 5.11 Å². The molecule has 76 valence electrons. The van der Waals surface area contributed by atoms with Crippen molar-refractivity contribution in [2.45, 2.75) is 26.7 Å². The van der Waals surface area contributed by atoms with Gasteiger partial charge in [-0.2, -0.15) is 0 Å². The molecule has 0 amide bonds. The summed E-state index contributed by atoms with van der Waals surface area (Å²) in [6, 6.07) is 5.41. The number of para-hydroxylation sites is 1. The molecule has 0 aliphatic rings. The van der Waals surface area contributed by atoms with Crippen molar-refractivity contribution < 1.29 is 10.3 Å². The molecule has 1 aromatic rings. The van der Waals surface area contributed by atoms with E-state index in [-0.39, 0.29) is 5.75 Å². The Bertz CT molecular complexity index is 345. The average Bonchev–Trinajstić information content (AvgIpc) is 2.19. The van der Waals surface area contributed by atoms with Crippen LogP contribution in [0.1, 0.15) is 30.9 Å². The van der Waals surface area contributed by atoms with Gasteiger partial charge < -0.3 is 10.3 Å². The predicted molar refractivity (Wildman–Crippen MR) is 56.1 cm³/mol. The normalized spacial score (nSPS) is 11.7. The zero-order chi connectivity index (χ0) is 10.6. The highest BCUT2D eigenvalue weighted by Crippen LogP contribution is 2.23. The third-order valence-electron chi connectivity index (χ3n) is 2.16. The Hall–Kier alpha value is -1.51. The fourth-order valence-electron chi connectivity index (χ4n) is 1.37. The van der Waals surface area contributed by atoms with Gasteiger partial charge in [0.05, 0.1) is 5.71 Å². The van der Waals surface area contributed by atoms with Crippen LogP contribution in [0.3, 0.4) is 0 Å². The van der Waals surface area contributed by atoms with Gasteiger partial charge in [0.25, 0.3) is 0 Å². The Morgan fingerprint density at radius 1 is 1.43 bits per heavy atom. The van der Waals surface area contributed by atoms with E-state index in [1.807, 2.05) is 26.0 Å². The zero-order valence-electron chi connectivity index (χ0n) is 8.49. The number of phenols is 1. The van der Waals surface area contributed by atoms with Gasteiger partial charge in [0.1, 0.15) is 5.75 Å². The minimum atomic E-state index is 0.203. The van der Waals surface area contributed by atoms with Gasteiger partial charge in [0.2, 0.25) is 0 Å². The summed E-state index contributed by atoms with van der Waals surface area (Å²) >= 11 is 0. The van der Waals surface area contributed by atoms with Crippen molar-refractivity contribution in [3.8, 4) is 5.75 Å². The molecular formula is C11H15NO2. The van der Waals surface area contributed by atoms with Crippen LogP contribution in [0.25, 0.3) is 0 Å². The van der Waals surface area contributed by atoms with Crippen molar-refractivity contribution in [2.24, 2.45) is 5.16 Å². The number of rotatable bonds is 3. The standard InChI is InChI=1S/C11H15NO2/c1-3-5-10(12-14)9-7-4-6-8(2)11(9)13/h4,6-7,13-14H,3,5H2,1-2H3/b12-10-. The second kappa shape index (κ2) is 4.65. The average molecular weight is 193 g/mol. The van der Waals surface area contributed by atoms with E-state index in [1.54, 1.807) is 6.07 Å². The number of aryl methyl sites for hydroxylation is 1. The van der Waals surface area contributed by atoms with Gasteiger partial charge in [-0.25, -0.2) is 0 Å². The molecule has 0 heterocycles. The van der Waals surface area contributed by atoms with E-state index in [0.29, 0.717) is 17.7 Å². The maximum absolute atomic E-state index is 9.73. The van der Waals surface area contributed by atoms with Crippen LogP contribution in [0.5, 0.6) is 5.75 Å². The minimum absolute atomic E-state index is 0.203. The molecule has 1 rings (SSSR count). The summed E-state index contributed by atoms with van der Waals surface area (Å²) in [6.45, 7) is 3.82. The van der Waals surface area contributed by atoms with E-state index >= 15 is 0 Å². The van der Waals surface area contributed by atoms with E-state index in [0.717, 1.165) is 12.0 Å². The van der Waals surface area contributed by atoms with Gasteiger partial charge in [0, 0.05) is 5.56 Å². The maximum Gasteiger partial charge on any atom is 0.127 e. The summed E-state index contributed by atoms with van der Waals surface area (Å²) < 4.78 is 0. The number of oxime groups is 1. The first-order chi connectivity index (χ1) is 6.70. The number of hydrogen-bond acceptors (Lipinski definition) is 3. The molecule has 0 spiro atoms. The van der Waals surface area contributed by atoms with Gasteiger partial charge in [0.15, 0.2) is 0 Å². The summed E-state index contributed by atoms with van der Waals surface area (Å²) in [5.74, 6) is 0.203. The molecule has 0 saturated heterocycles. The van der Waals surface area contributed by atoms with Crippen molar-refractivity contribution in [3.63, 3.8) is 0 Å². The predicted octanol–water partition coefficient (Wildman–Crippen LogP) is 2.68. The second-order valence-electron chi connectivity index (χ2n) is 3.27. The molecule has 0 fully saturated rings. The number of phenolic OH excluding ortho intramolecular Hbond substituents is 1. The van der Waals surface area contributed by atoms with Gasteiger partial charge in [-0.3, -0.25) is 0 Å². The number of aromatic hydroxyl groups is 1. The molecular weight excluding hydrogens is 178 g/mol. The first-order valence-corrected chi connectivity index (χ1v) is 4.70. The summed E-state index contributed by atoms with van der Waals surface area (Å²) in [5, 5.41) is 21.7. The second-order valence-corrected chi connectivity index (χ2v) is 3.27. The lowest BCUT2D eigenvalue weighted by Crippen LogP contribution is -2.01. The van der Waals surface area contributed by atoms with Crippen molar-refractivity contribution >= 4 is 5.71 Å². The molecule has 0 aliphatic carbocycles. The van der Waals surface area contributed by atoms with Crippen LogP contribution in [-0.2, 0) is 0 Å². The molecule has 0 bridgehead atoms. The Morgan fingerprint density at radius 2 is 2.14 bits per heavy atom. The van der Waals surface area contributed by atoms with Gasteiger partial charge in [-0.15, -0.1) is 0 Å². The summed E-state index contributed by atoms with van der Waals surface area (Å²) in [4.78, 5) is 0. The monoisotopic (exact) mass is 193 g/mol. The van der Waals surface area contributed by atoms with Crippen molar-refractivity contribution in [1.29, 1.82) is 0 Å². The molecule has 2 N–H and O–H groups in total. The SMILES string of the molecule is CCC/C(=N/O)c1cccc(C)c1O. The van der Waals surface area contributed by atoms with Crippen LogP contribution in [0.2, 0.25) is 0 Å². The molecule has 3 nitrogen and oxygen atoms in total. The fraction of sp³-hybridized carbons (Fsp3) is 0.364. The summed E-state index contributed by atoms with van der Waals surface area (Å²) in [7, 11) is 0. The number of nitrogens with zero attached hydrogens (tertiary/aromatic N) is 1. The lowest BCUT2D eigenvalue weighted by Gasteiger charge is -2.07. The van der Waals surface area contributed by atoms with Crippen LogP contribution >= 0.6 is 0 Å². The van der Waals surface area contributed by atoms with Crippen molar-refractivity contribution in [1.82, 2.24) is 0 Å². The molecule has 1 aromatic carbocycles.